The third kappa shape index (κ3) is 5.44. The van der Waals surface area contributed by atoms with Crippen molar-refractivity contribution in [3.63, 3.8) is 0 Å². The second-order valence-corrected chi connectivity index (χ2v) is 6.99. The highest BCUT2D eigenvalue weighted by Gasteiger charge is 2.14. The van der Waals surface area contributed by atoms with Crippen LogP contribution in [-0.4, -0.2) is 26.6 Å². The molecule has 1 atom stereocenters. The Morgan fingerprint density at radius 3 is 2.29 bits per heavy atom. The minimum atomic E-state index is 0.00732. The molecule has 0 aliphatic heterocycles. The van der Waals surface area contributed by atoms with E-state index in [9.17, 15) is 4.79 Å². The van der Waals surface area contributed by atoms with Crippen LogP contribution < -0.4 is 15.0 Å². The lowest BCUT2D eigenvalue weighted by molar-refractivity contribution is -0.885. The van der Waals surface area contributed by atoms with Crippen molar-refractivity contribution in [3.8, 4) is 5.75 Å². The van der Waals surface area contributed by atoms with Gasteiger partial charge in [-0.2, -0.15) is 0 Å². The molecule has 28 heavy (non-hydrogen) atoms. The van der Waals surface area contributed by atoms with Gasteiger partial charge in [-0.1, -0.05) is 60.7 Å². The Kier molecular flexibility index (Phi) is 6.82. The Morgan fingerprint density at radius 2 is 1.54 bits per heavy atom. The second kappa shape index (κ2) is 9.72. The lowest BCUT2D eigenvalue weighted by Gasteiger charge is -2.16. The first kappa shape index (κ1) is 19.6. The molecule has 144 valence electrons. The summed E-state index contributed by atoms with van der Waals surface area (Å²) in [5.74, 6) is 0.864. The second-order valence-electron chi connectivity index (χ2n) is 6.99. The summed E-state index contributed by atoms with van der Waals surface area (Å²) < 4.78 is 5.41. The maximum atomic E-state index is 12.6. The number of quaternary nitrogens is 1. The number of likely N-dealkylation sites (N-methyl/N-ethyl adjacent to an activating group) is 1. The molecule has 2 N–H and O–H groups in total. The van der Waals surface area contributed by atoms with Crippen molar-refractivity contribution < 1.29 is 14.4 Å². The molecule has 0 heterocycles. The molecule has 0 saturated heterocycles. The number of rotatable bonds is 8. The largest absolute Gasteiger partial charge is 0.496 e. The van der Waals surface area contributed by atoms with Crippen molar-refractivity contribution >= 4 is 11.6 Å². The Morgan fingerprint density at radius 1 is 0.893 bits per heavy atom. The molecule has 1 amide bonds. The first-order valence-electron chi connectivity index (χ1n) is 9.50. The smallest absolute Gasteiger partial charge is 0.279 e. The molecule has 0 aromatic heterocycles. The van der Waals surface area contributed by atoms with Gasteiger partial charge in [-0.25, -0.2) is 0 Å². The van der Waals surface area contributed by atoms with Crippen LogP contribution >= 0.6 is 0 Å². The molecule has 0 aliphatic carbocycles. The minimum Gasteiger partial charge on any atom is -0.496 e. The monoisotopic (exact) mass is 375 g/mol. The van der Waals surface area contributed by atoms with Crippen LogP contribution in [0.3, 0.4) is 0 Å². The third-order valence-corrected chi connectivity index (χ3v) is 4.68. The molecule has 3 aromatic carbocycles. The SMILES string of the molecule is COc1ccccc1C[NH+](C)CC(=O)Nc1ccccc1Cc1ccccc1. The van der Waals surface area contributed by atoms with Crippen molar-refractivity contribution in [1.29, 1.82) is 0 Å². The Bertz CT molecular complexity index is 909. The normalized spacial score (nSPS) is 11.6. The molecule has 3 aromatic rings. The van der Waals surface area contributed by atoms with Gasteiger partial charge in [0.1, 0.15) is 12.3 Å². The summed E-state index contributed by atoms with van der Waals surface area (Å²) in [5.41, 5.74) is 4.31. The van der Waals surface area contributed by atoms with E-state index in [0.717, 1.165) is 40.4 Å². The van der Waals surface area contributed by atoms with Gasteiger partial charge in [-0.05, 0) is 35.7 Å². The summed E-state index contributed by atoms with van der Waals surface area (Å²) in [6.45, 7) is 1.11. The molecule has 0 fully saturated rings. The minimum absolute atomic E-state index is 0.00732. The fourth-order valence-electron chi connectivity index (χ4n) is 3.32. The van der Waals surface area contributed by atoms with Gasteiger partial charge in [0.2, 0.25) is 0 Å². The van der Waals surface area contributed by atoms with Gasteiger partial charge < -0.3 is 15.0 Å². The fraction of sp³-hybridized carbons (Fsp3) is 0.208. The zero-order chi connectivity index (χ0) is 19.8. The molecule has 0 saturated carbocycles. The molecule has 4 heteroatoms. The number of anilines is 1. The highest BCUT2D eigenvalue weighted by molar-refractivity contribution is 5.92. The van der Waals surface area contributed by atoms with E-state index in [-0.39, 0.29) is 5.91 Å². The Balaban J connectivity index is 1.62. The van der Waals surface area contributed by atoms with Gasteiger partial charge in [-0.15, -0.1) is 0 Å². The first-order chi connectivity index (χ1) is 13.7. The standard InChI is InChI=1S/C24H26N2O2/c1-26(17-21-13-7-9-15-23(21)28-2)18-24(27)25-22-14-8-6-12-20(22)16-19-10-4-3-5-11-19/h3-15H,16-18H2,1-2H3,(H,25,27)/p+1. The number of carbonyl (C=O) groups is 1. The third-order valence-electron chi connectivity index (χ3n) is 4.68. The van der Waals surface area contributed by atoms with Crippen molar-refractivity contribution in [2.45, 2.75) is 13.0 Å². The van der Waals surface area contributed by atoms with Crippen LogP contribution in [-0.2, 0) is 17.8 Å². The van der Waals surface area contributed by atoms with Crippen LogP contribution in [0.25, 0.3) is 0 Å². The van der Waals surface area contributed by atoms with Gasteiger partial charge in [0.25, 0.3) is 5.91 Å². The number of nitrogens with one attached hydrogen (secondary N) is 2. The van der Waals surface area contributed by atoms with Gasteiger partial charge in [0.05, 0.1) is 14.2 Å². The maximum Gasteiger partial charge on any atom is 0.279 e. The number of carbonyl (C=O) groups excluding carboxylic acids is 1. The van der Waals surface area contributed by atoms with Crippen molar-refractivity contribution in [2.75, 3.05) is 26.0 Å². The van der Waals surface area contributed by atoms with Gasteiger partial charge >= 0.3 is 0 Å². The van der Waals surface area contributed by atoms with Gasteiger partial charge in [0.15, 0.2) is 6.54 Å². The summed E-state index contributed by atoms with van der Waals surface area (Å²) >= 11 is 0. The number of amides is 1. The lowest BCUT2D eigenvalue weighted by atomic mass is 10.0. The average Bonchev–Trinajstić information content (AvgIpc) is 2.70. The number of hydrogen-bond acceptors (Lipinski definition) is 2. The summed E-state index contributed by atoms with van der Waals surface area (Å²) in [7, 11) is 3.69. The molecule has 0 aliphatic rings. The predicted molar refractivity (Wildman–Crippen MR) is 113 cm³/mol. The van der Waals surface area contributed by atoms with Gasteiger partial charge in [-0.3, -0.25) is 4.79 Å². The van der Waals surface area contributed by atoms with Crippen molar-refractivity contribution in [2.24, 2.45) is 0 Å². The van der Waals surface area contributed by atoms with Crippen molar-refractivity contribution in [1.82, 2.24) is 0 Å². The number of methoxy groups -OCH3 is 1. The molecule has 4 nitrogen and oxygen atoms in total. The Hall–Kier alpha value is -3.11. The van der Waals surface area contributed by atoms with E-state index in [2.05, 4.69) is 23.5 Å². The molecule has 3 rings (SSSR count). The van der Waals surface area contributed by atoms with E-state index in [1.54, 1.807) is 7.11 Å². The van der Waals surface area contributed by atoms with E-state index in [1.807, 2.05) is 67.7 Å². The predicted octanol–water partition coefficient (Wildman–Crippen LogP) is 2.94. The fourth-order valence-corrected chi connectivity index (χ4v) is 3.32. The number of ether oxygens (including phenoxy) is 1. The quantitative estimate of drug-likeness (QED) is 0.636. The summed E-state index contributed by atoms with van der Waals surface area (Å²) in [4.78, 5) is 13.7. The van der Waals surface area contributed by atoms with E-state index < -0.39 is 0 Å². The molecule has 1 unspecified atom stereocenters. The number of hydrogen-bond donors (Lipinski definition) is 2. The molecular weight excluding hydrogens is 348 g/mol. The van der Waals surface area contributed by atoms with Crippen LogP contribution in [0, 0.1) is 0 Å². The maximum absolute atomic E-state index is 12.6. The zero-order valence-corrected chi connectivity index (χ0v) is 16.4. The van der Waals surface area contributed by atoms with Crippen LogP contribution in [0.5, 0.6) is 5.75 Å². The first-order valence-corrected chi connectivity index (χ1v) is 9.50. The van der Waals surface area contributed by atoms with Crippen LogP contribution in [0.15, 0.2) is 78.9 Å². The van der Waals surface area contributed by atoms with Crippen LogP contribution in [0.2, 0.25) is 0 Å². The summed E-state index contributed by atoms with van der Waals surface area (Å²) in [5, 5.41) is 3.09. The average molecular weight is 375 g/mol. The van der Waals surface area contributed by atoms with E-state index in [1.165, 1.54) is 5.56 Å². The van der Waals surface area contributed by atoms with E-state index >= 15 is 0 Å². The topological polar surface area (TPSA) is 42.8 Å². The summed E-state index contributed by atoms with van der Waals surface area (Å²) in [6.07, 6.45) is 0.793. The van der Waals surface area contributed by atoms with Crippen molar-refractivity contribution in [3.05, 3.63) is 95.6 Å². The molecule has 0 spiro atoms. The highest BCUT2D eigenvalue weighted by atomic mass is 16.5. The molecule has 0 bridgehead atoms. The molecule has 0 radical (unpaired) electrons. The number of benzene rings is 3. The van der Waals surface area contributed by atoms with E-state index in [4.69, 9.17) is 4.74 Å². The van der Waals surface area contributed by atoms with E-state index in [0.29, 0.717) is 6.54 Å². The lowest BCUT2D eigenvalue weighted by Crippen LogP contribution is -3.08. The summed E-state index contributed by atoms with van der Waals surface area (Å²) in [6, 6.07) is 26.2. The zero-order valence-electron chi connectivity index (χ0n) is 16.4. The highest BCUT2D eigenvalue weighted by Crippen LogP contribution is 2.19. The number of para-hydroxylation sites is 2. The molecular formula is C24H27N2O2+. The van der Waals surface area contributed by atoms with Gasteiger partial charge in [0, 0.05) is 11.3 Å². The van der Waals surface area contributed by atoms with Crippen LogP contribution in [0.1, 0.15) is 16.7 Å². The van der Waals surface area contributed by atoms with Crippen LogP contribution in [0.4, 0.5) is 5.69 Å². The Labute approximate surface area is 166 Å².